The van der Waals surface area contributed by atoms with Crippen LogP contribution >= 0.6 is 35.3 Å². The van der Waals surface area contributed by atoms with Crippen molar-refractivity contribution in [3.05, 3.63) is 15.5 Å². The zero-order valence-corrected chi connectivity index (χ0v) is 6.96. The van der Waals surface area contributed by atoms with Crippen LogP contribution in [0.25, 0.3) is 0 Å². The number of aromatic carboxylic acids is 1. The molecule has 56 valence electrons. The highest BCUT2D eigenvalue weighted by Crippen LogP contribution is 2.14. The summed E-state index contributed by atoms with van der Waals surface area (Å²) in [5, 5.41) is 9.68. The lowest BCUT2D eigenvalue weighted by molar-refractivity contribution is 0.0691. The fraction of sp³-hybridized carbons (Fsp3) is 0. The van der Waals surface area contributed by atoms with Crippen molar-refractivity contribution >= 4 is 41.3 Å². The Balaban J connectivity index is 0.000000810. The Labute approximate surface area is 72.1 Å². The summed E-state index contributed by atoms with van der Waals surface area (Å²) >= 11 is 6.45. The van der Waals surface area contributed by atoms with Crippen LogP contribution < -0.4 is 0 Å². The van der Waals surface area contributed by atoms with Gasteiger partial charge in [0.1, 0.15) is 0 Å². The average molecular weight is 200 g/mol. The first-order valence-corrected chi connectivity index (χ1v) is 3.30. The van der Waals surface area contributed by atoms with Crippen LogP contribution in [0.2, 0.25) is 4.47 Å². The largest absolute Gasteiger partial charge is 0.476 e. The van der Waals surface area contributed by atoms with Crippen LogP contribution in [0.1, 0.15) is 10.5 Å². The van der Waals surface area contributed by atoms with Gasteiger partial charge >= 0.3 is 5.97 Å². The minimum Gasteiger partial charge on any atom is -0.476 e. The van der Waals surface area contributed by atoms with Gasteiger partial charge in [0, 0.05) is 5.38 Å². The summed E-state index contributed by atoms with van der Waals surface area (Å²) in [6, 6.07) is 0. The molecule has 0 saturated carbocycles. The Morgan fingerprint density at radius 2 is 2.40 bits per heavy atom. The highest BCUT2D eigenvalue weighted by atomic mass is 35.5. The van der Waals surface area contributed by atoms with E-state index in [1.165, 1.54) is 5.38 Å². The highest BCUT2D eigenvalue weighted by Gasteiger charge is 2.05. The third kappa shape index (κ3) is 2.13. The Morgan fingerprint density at radius 1 is 1.80 bits per heavy atom. The molecule has 0 saturated heterocycles. The SMILES string of the molecule is Cl.O=C(O)c1csc(Cl)n1. The molecule has 3 nitrogen and oxygen atoms in total. The third-order valence-electron chi connectivity index (χ3n) is 0.695. The quantitative estimate of drug-likeness (QED) is 0.753. The smallest absolute Gasteiger partial charge is 0.355 e. The monoisotopic (exact) mass is 199 g/mol. The van der Waals surface area contributed by atoms with Crippen molar-refractivity contribution in [1.29, 1.82) is 0 Å². The fourth-order valence-corrected chi connectivity index (χ4v) is 1.09. The van der Waals surface area contributed by atoms with Crippen LogP contribution in [0.15, 0.2) is 5.38 Å². The predicted molar refractivity (Wildman–Crippen MR) is 41.3 cm³/mol. The van der Waals surface area contributed by atoms with E-state index in [9.17, 15) is 4.79 Å². The van der Waals surface area contributed by atoms with Gasteiger partial charge in [0.25, 0.3) is 0 Å². The van der Waals surface area contributed by atoms with E-state index in [4.69, 9.17) is 16.7 Å². The van der Waals surface area contributed by atoms with Gasteiger partial charge in [-0.15, -0.1) is 23.7 Å². The number of thiazole rings is 1. The molecule has 0 unspecified atom stereocenters. The van der Waals surface area contributed by atoms with Gasteiger partial charge in [-0.2, -0.15) is 0 Å². The Hall–Kier alpha value is -0.320. The van der Waals surface area contributed by atoms with Gasteiger partial charge in [-0.1, -0.05) is 11.6 Å². The van der Waals surface area contributed by atoms with Crippen molar-refractivity contribution in [2.24, 2.45) is 0 Å². The Bertz CT molecular complexity index is 237. The van der Waals surface area contributed by atoms with Crippen LogP contribution in [0, 0.1) is 0 Å². The lowest BCUT2D eigenvalue weighted by Gasteiger charge is -1.78. The number of rotatable bonds is 1. The van der Waals surface area contributed by atoms with Crippen LogP contribution in [-0.2, 0) is 0 Å². The van der Waals surface area contributed by atoms with Crippen LogP contribution in [0.5, 0.6) is 0 Å². The second-order valence-corrected chi connectivity index (χ2v) is 2.73. The second-order valence-electron chi connectivity index (χ2n) is 1.29. The molecule has 1 aromatic heterocycles. The molecule has 0 aromatic carbocycles. The zero-order valence-electron chi connectivity index (χ0n) is 4.57. The maximum Gasteiger partial charge on any atom is 0.355 e. The molecular formula is C4H3Cl2NO2S. The van der Waals surface area contributed by atoms with Gasteiger partial charge in [0.15, 0.2) is 10.2 Å². The number of aromatic nitrogens is 1. The number of halogens is 2. The lowest BCUT2D eigenvalue weighted by atomic mass is 10.5. The zero-order chi connectivity index (χ0) is 6.85. The molecule has 1 heterocycles. The third-order valence-corrected chi connectivity index (χ3v) is 1.67. The molecule has 0 aliphatic rings. The van der Waals surface area contributed by atoms with E-state index in [0.29, 0.717) is 0 Å². The normalized spacial score (nSPS) is 8.50. The average Bonchev–Trinajstić information content (AvgIpc) is 2.14. The standard InChI is InChI=1S/C4H2ClNO2S.ClH/c5-4-6-2(1-9-4)3(7)8;/h1H,(H,7,8);1H. The van der Waals surface area contributed by atoms with E-state index in [1.807, 2.05) is 0 Å². The van der Waals surface area contributed by atoms with E-state index < -0.39 is 5.97 Å². The van der Waals surface area contributed by atoms with E-state index in [2.05, 4.69) is 4.98 Å². The van der Waals surface area contributed by atoms with Crippen molar-refractivity contribution in [2.45, 2.75) is 0 Å². The molecule has 1 N–H and O–H groups in total. The summed E-state index contributed by atoms with van der Waals surface area (Å²) < 4.78 is 0.257. The molecule has 10 heavy (non-hydrogen) atoms. The Morgan fingerprint density at radius 3 is 2.60 bits per heavy atom. The number of hydrogen-bond acceptors (Lipinski definition) is 3. The van der Waals surface area contributed by atoms with Crippen LogP contribution in [-0.4, -0.2) is 16.1 Å². The number of carboxylic acids is 1. The molecule has 0 bridgehead atoms. The first kappa shape index (κ1) is 9.68. The van der Waals surface area contributed by atoms with E-state index in [-0.39, 0.29) is 22.6 Å². The summed E-state index contributed by atoms with van der Waals surface area (Å²) in [7, 11) is 0. The maximum absolute atomic E-state index is 10.1. The molecule has 1 rings (SSSR count). The van der Waals surface area contributed by atoms with Crippen molar-refractivity contribution in [3.8, 4) is 0 Å². The highest BCUT2D eigenvalue weighted by molar-refractivity contribution is 7.14. The predicted octanol–water partition coefficient (Wildman–Crippen LogP) is 1.92. The van der Waals surface area contributed by atoms with Gasteiger partial charge in [-0.25, -0.2) is 9.78 Å². The number of carbonyl (C=O) groups is 1. The molecular weight excluding hydrogens is 197 g/mol. The van der Waals surface area contributed by atoms with E-state index in [1.54, 1.807) is 0 Å². The van der Waals surface area contributed by atoms with Crippen molar-refractivity contribution in [1.82, 2.24) is 4.98 Å². The molecule has 0 amide bonds. The van der Waals surface area contributed by atoms with Crippen molar-refractivity contribution in [3.63, 3.8) is 0 Å². The minimum atomic E-state index is -1.04. The lowest BCUT2D eigenvalue weighted by Crippen LogP contribution is -1.94. The van der Waals surface area contributed by atoms with Gasteiger partial charge in [0.2, 0.25) is 0 Å². The first-order chi connectivity index (χ1) is 4.20. The summed E-state index contributed by atoms with van der Waals surface area (Å²) in [6.07, 6.45) is 0. The van der Waals surface area contributed by atoms with Crippen LogP contribution in [0.3, 0.4) is 0 Å². The van der Waals surface area contributed by atoms with Gasteiger partial charge in [-0.3, -0.25) is 0 Å². The summed E-state index contributed by atoms with van der Waals surface area (Å²) in [5.74, 6) is -1.04. The van der Waals surface area contributed by atoms with E-state index in [0.717, 1.165) is 11.3 Å². The summed E-state index contributed by atoms with van der Waals surface area (Å²) in [4.78, 5) is 13.6. The molecule has 1 aromatic rings. The molecule has 0 aliphatic heterocycles. The number of nitrogens with zero attached hydrogens (tertiary/aromatic N) is 1. The maximum atomic E-state index is 10.1. The number of carboxylic acid groups (broad SMARTS) is 1. The number of hydrogen-bond donors (Lipinski definition) is 1. The summed E-state index contributed by atoms with van der Waals surface area (Å²) in [5.41, 5.74) is 0.00463. The second kappa shape index (κ2) is 3.75. The van der Waals surface area contributed by atoms with E-state index >= 15 is 0 Å². The molecule has 0 spiro atoms. The van der Waals surface area contributed by atoms with Gasteiger partial charge in [-0.05, 0) is 0 Å². The molecule has 0 fully saturated rings. The van der Waals surface area contributed by atoms with Crippen molar-refractivity contribution in [2.75, 3.05) is 0 Å². The minimum absolute atomic E-state index is 0. The molecule has 6 heteroatoms. The van der Waals surface area contributed by atoms with Crippen molar-refractivity contribution < 1.29 is 9.90 Å². The van der Waals surface area contributed by atoms with Crippen LogP contribution in [0.4, 0.5) is 0 Å². The molecule has 0 radical (unpaired) electrons. The topological polar surface area (TPSA) is 50.2 Å². The fourth-order valence-electron chi connectivity index (χ4n) is 0.350. The van der Waals surface area contributed by atoms with Gasteiger partial charge < -0.3 is 5.11 Å². The molecule has 0 aliphatic carbocycles. The first-order valence-electron chi connectivity index (χ1n) is 2.04. The Kier molecular flexibility index (Phi) is 3.63. The molecule has 0 atom stereocenters. The van der Waals surface area contributed by atoms with Gasteiger partial charge in [0.05, 0.1) is 0 Å². The summed E-state index contributed by atoms with van der Waals surface area (Å²) in [6.45, 7) is 0.